The van der Waals surface area contributed by atoms with Gasteiger partial charge in [0, 0.05) is 36.8 Å². The molecule has 0 aliphatic rings. The summed E-state index contributed by atoms with van der Waals surface area (Å²) >= 11 is 0. The van der Waals surface area contributed by atoms with Gasteiger partial charge in [0.05, 0.1) is 19.9 Å². The van der Waals surface area contributed by atoms with E-state index in [-0.39, 0.29) is 0 Å². The van der Waals surface area contributed by atoms with Crippen molar-refractivity contribution in [3.8, 4) is 22.8 Å². The zero-order valence-electron chi connectivity index (χ0n) is 17.4. The fourth-order valence-corrected chi connectivity index (χ4v) is 3.69. The standard InChI is InChI=1S/C25H22N4O2/c1-30-21-11-17(12-22(14-21)31-2)15-27-24-25-26-9-10-29(25)16-23(28-24)20-8-7-18-5-3-4-6-19(18)13-20/h3-14,16H,15H2,1-2H3,(H,27,28). The molecular weight excluding hydrogens is 388 g/mol. The maximum atomic E-state index is 5.38. The Kier molecular flexibility index (Phi) is 4.88. The van der Waals surface area contributed by atoms with Crippen molar-refractivity contribution in [2.45, 2.75) is 6.54 Å². The Hall–Kier alpha value is -4.06. The summed E-state index contributed by atoms with van der Waals surface area (Å²) in [5.74, 6) is 2.22. The average molecular weight is 410 g/mol. The average Bonchev–Trinajstić information content (AvgIpc) is 3.31. The van der Waals surface area contributed by atoms with Crippen LogP contribution in [0.2, 0.25) is 0 Å². The summed E-state index contributed by atoms with van der Waals surface area (Å²) in [5.41, 5.74) is 3.74. The number of rotatable bonds is 6. The molecule has 0 aliphatic heterocycles. The van der Waals surface area contributed by atoms with Crippen molar-refractivity contribution in [3.05, 3.63) is 84.8 Å². The number of nitrogens with one attached hydrogen (secondary N) is 1. The first-order chi connectivity index (χ1) is 15.2. The number of ether oxygens (including phenoxy) is 2. The van der Waals surface area contributed by atoms with Crippen LogP contribution in [0.1, 0.15) is 5.56 Å². The minimum absolute atomic E-state index is 0.560. The Balaban J connectivity index is 1.51. The molecule has 0 unspecified atom stereocenters. The maximum Gasteiger partial charge on any atom is 0.180 e. The van der Waals surface area contributed by atoms with Crippen molar-refractivity contribution in [1.29, 1.82) is 0 Å². The number of hydrogen-bond acceptors (Lipinski definition) is 5. The number of anilines is 1. The minimum atomic E-state index is 0.560. The van der Waals surface area contributed by atoms with E-state index in [1.54, 1.807) is 20.4 Å². The zero-order valence-corrected chi connectivity index (χ0v) is 17.4. The summed E-state index contributed by atoms with van der Waals surface area (Å²) in [6.45, 7) is 0.560. The van der Waals surface area contributed by atoms with Gasteiger partial charge in [-0.3, -0.25) is 0 Å². The summed E-state index contributed by atoms with van der Waals surface area (Å²) in [7, 11) is 3.29. The van der Waals surface area contributed by atoms with Gasteiger partial charge in [-0.2, -0.15) is 0 Å². The largest absolute Gasteiger partial charge is 0.497 e. The van der Waals surface area contributed by atoms with Gasteiger partial charge in [-0.25, -0.2) is 9.97 Å². The lowest BCUT2D eigenvalue weighted by atomic mass is 10.1. The van der Waals surface area contributed by atoms with Crippen LogP contribution in [0.5, 0.6) is 11.5 Å². The number of methoxy groups -OCH3 is 2. The van der Waals surface area contributed by atoms with E-state index in [0.29, 0.717) is 6.54 Å². The molecule has 6 nitrogen and oxygen atoms in total. The van der Waals surface area contributed by atoms with E-state index in [1.165, 1.54) is 10.8 Å². The number of benzene rings is 3. The second kappa shape index (κ2) is 7.99. The van der Waals surface area contributed by atoms with Crippen LogP contribution in [0.4, 0.5) is 5.82 Å². The second-order valence-corrected chi connectivity index (χ2v) is 7.27. The van der Waals surface area contributed by atoms with Crippen molar-refractivity contribution in [2.24, 2.45) is 0 Å². The lowest BCUT2D eigenvalue weighted by Gasteiger charge is -2.12. The molecule has 5 aromatic rings. The number of aromatic nitrogens is 3. The quantitative estimate of drug-likeness (QED) is 0.418. The number of hydrogen-bond donors (Lipinski definition) is 1. The van der Waals surface area contributed by atoms with Gasteiger partial charge >= 0.3 is 0 Å². The normalized spacial score (nSPS) is 11.0. The van der Waals surface area contributed by atoms with Crippen molar-refractivity contribution in [3.63, 3.8) is 0 Å². The molecule has 1 N–H and O–H groups in total. The molecule has 0 amide bonds. The van der Waals surface area contributed by atoms with Crippen LogP contribution in [-0.2, 0) is 6.54 Å². The fourth-order valence-electron chi connectivity index (χ4n) is 3.69. The molecule has 0 spiro atoms. The third-order valence-electron chi connectivity index (χ3n) is 5.29. The highest BCUT2D eigenvalue weighted by molar-refractivity contribution is 5.87. The topological polar surface area (TPSA) is 60.7 Å². The Morgan fingerprint density at radius 1 is 0.903 bits per heavy atom. The van der Waals surface area contributed by atoms with E-state index in [0.717, 1.165) is 39.8 Å². The van der Waals surface area contributed by atoms with E-state index in [2.05, 4.69) is 40.6 Å². The predicted molar refractivity (Wildman–Crippen MR) is 123 cm³/mol. The van der Waals surface area contributed by atoms with Gasteiger partial charge in [-0.05, 0) is 34.5 Å². The Labute approximate surface area is 180 Å². The highest BCUT2D eigenvalue weighted by atomic mass is 16.5. The van der Waals surface area contributed by atoms with E-state index in [1.807, 2.05) is 47.1 Å². The summed E-state index contributed by atoms with van der Waals surface area (Å²) in [5, 5.41) is 5.83. The Morgan fingerprint density at radius 3 is 2.45 bits per heavy atom. The van der Waals surface area contributed by atoms with Crippen molar-refractivity contribution >= 4 is 22.2 Å². The van der Waals surface area contributed by atoms with Crippen molar-refractivity contribution in [1.82, 2.24) is 14.4 Å². The molecule has 0 bridgehead atoms. The Morgan fingerprint density at radius 2 is 1.68 bits per heavy atom. The molecule has 2 aromatic heterocycles. The van der Waals surface area contributed by atoms with Crippen LogP contribution >= 0.6 is 0 Å². The van der Waals surface area contributed by atoms with E-state index in [4.69, 9.17) is 14.5 Å². The van der Waals surface area contributed by atoms with Crippen molar-refractivity contribution in [2.75, 3.05) is 19.5 Å². The molecule has 6 heteroatoms. The first kappa shape index (κ1) is 18.9. The molecule has 31 heavy (non-hydrogen) atoms. The minimum Gasteiger partial charge on any atom is -0.497 e. The van der Waals surface area contributed by atoms with Gasteiger partial charge in [0.15, 0.2) is 11.5 Å². The van der Waals surface area contributed by atoms with Crippen LogP contribution in [0.25, 0.3) is 27.7 Å². The second-order valence-electron chi connectivity index (χ2n) is 7.27. The fraction of sp³-hybridized carbons (Fsp3) is 0.120. The van der Waals surface area contributed by atoms with Gasteiger partial charge in [-0.1, -0.05) is 36.4 Å². The van der Waals surface area contributed by atoms with Gasteiger partial charge in [0.2, 0.25) is 0 Å². The maximum absolute atomic E-state index is 5.38. The monoisotopic (exact) mass is 410 g/mol. The first-order valence-electron chi connectivity index (χ1n) is 10.0. The third-order valence-corrected chi connectivity index (χ3v) is 5.29. The molecule has 0 fully saturated rings. The SMILES string of the molecule is COc1cc(CNc2nc(-c3ccc4ccccc4c3)cn3ccnc23)cc(OC)c1. The molecular formula is C25H22N4O2. The molecule has 3 aromatic carbocycles. The summed E-state index contributed by atoms with van der Waals surface area (Å²) in [6, 6.07) is 20.5. The molecule has 0 aliphatic carbocycles. The summed E-state index contributed by atoms with van der Waals surface area (Å²) in [4.78, 5) is 9.37. The molecule has 154 valence electrons. The number of fused-ring (bicyclic) bond motifs is 2. The predicted octanol–water partition coefficient (Wildman–Crippen LogP) is 5.18. The molecule has 0 saturated carbocycles. The molecule has 0 radical (unpaired) electrons. The van der Waals surface area contributed by atoms with Crippen LogP contribution in [-0.4, -0.2) is 28.6 Å². The highest BCUT2D eigenvalue weighted by Gasteiger charge is 2.10. The first-order valence-corrected chi connectivity index (χ1v) is 10.0. The van der Waals surface area contributed by atoms with Crippen LogP contribution in [0, 0.1) is 0 Å². The van der Waals surface area contributed by atoms with Crippen LogP contribution in [0.3, 0.4) is 0 Å². The third kappa shape index (κ3) is 3.75. The molecule has 0 atom stereocenters. The van der Waals surface area contributed by atoms with Crippen LogP contribution in [0.15, 0.2) is 79.3 Å². The molecule has 2 heterocycles. The van der Waals surface area contributed by atoms with Crippen molar-refractivity contribution < 1.29 is 9.47 Å². The van der Waals surface area contributed by atoms with Gasteiger partial charge in [0.1, 0.15) is 11.5 Å². The lowest BCUT2D eigenvalue weighted by Crippen LogP contribution is -2.05. The number of imidazole rings is 1. The Bertz CT molecular complexity index is 1350. The smallest absolute Gasteiger partial charge is 0.180 e. The van der Waals surface area contributed by atoms with Crippen LogP contribution < -0.4 is 14.8 Å². The summed E-state index contributed by atoms with van der Waals surface area (Å²) < 4.78 is 12.8. The highest BCUT2D eigenvalue weighted by Crippen LogP contribution is 2.27. The lowest BCUT2D eigenvalue weighted by molar-refractivity contribution is 0.393. The van der Waals surface area contributed by atoms with E-state index < -0.39 is 0 Å². The van der Waals surface area contributed by atoms with Gasteiger partial charge < -0.3 is 19.2 Å². The van der Waals surface area contributed by atoms with Gasteiger partial charge in [0.25, 0.3) is 0 Å². The zero-order chi connectivity index (χ0) is 21.2. The van der Waals surface area contributed by atoms with E-state index >= 15 is 0 Å². The number of nitrogens with zero attached hydrogens (tertiary/aromatic N) is 3. The molecule has 0 saturated heterocycles. The molecule has 5 rings (SSSR count). The summed E-state index contributed by atoms with van der Waals surface area (Å²) in [6.07, 6.45) is 5.72. The van der Waals surface area contributed by atoms with E-state index in [9.17, 15) is 0 Å². The van der Waals surface area contributed by atoms with Gasteiger partial charge in [-0.15, -0.1) is 0 Å².